The van der Waals surface area contributed by atoms with Gasteiger partial charge in [-0.2, -0.15) is 0 Å². The molecule has 0 fully saturated rings. The molecule has 96 valence electrons. The molecule has 0 aliphatic rings. The minimum atomic E-state index is 0.667. The fourth-order valence-electron chi connectivity index (χ4n) is 2.61. The number of benzene rings is 1. The zero-order valence-electron chi connectivity index (χ0n) is 11.8. The molecule has 0 bridgehead atoms. The van der Waals surface area contributed by atoms with Crippen molar-refractivity contribution in [1.82, 2.24) is 0 Å². The average molecular weight is 233 g/mol. The van der Waals surface area contributed by atoms with Crippen LogP contribution in [-0.2, 0) is 6.54 Å². The van der Waals surface area contributed by atoms with Gasteiger partial charge in [0.25, 0.3) is 0 Å². The van der Waals surface area contributed by atoms with Crippen LogP contribution in [0.15, 0.2) is 12.1 Å². The van der Waals surface area contributed by atoms with Gasteiger partial charge in [-0.15, -0.1) is 0 Å². The highest BCUT2D eigenvalue weighted by molar-refractivity contribution is 5.39. The molecule has 1 heteroatoms. The quantitative estimate of drug-likeness (QED) is 0.772. The van der Waals surface area contributed by atoms with Crippen LogP contribution < -0.4 is 5.73 Å². The first-order valence-electron chi connectivity index (χ1n) is 6.94. The van der Waals surface area contributed by atoms with Crippen molar-refractivity contribution in [2.75, 3.05) is 0 Å². The van der Waals surface area contributed by atoms with Gasteiger partial charge in [-0.05, 0) is 54.9 Å². The molecule has 1 aromatic rings. The van der Waals surface area contributed by atoms with Gasteiger partial charge in [0.05, 0.1) is 0 Å². The molecule has 0 heterocycles. The van der Waals surface area contributed by atoms with E-state index >= 15 is 0 Å². The third-order valence-electron chi connectivity index (χ3n) is 3.69. The molecule has 0 aliphatic heterocycles. The second-order valence-electron chi connectivity index (χ2n) is 5.11. The van der Waals surface area contributed by atoms with Gasteiger partial charge in [-0.1, -0.05) is 38.8 Å². The lowest BCUT2D eigenvalue weighted by molar-refractivity contribution is 0.556. The third kappa shape index (κ3) is 3.57. The van der Waals surface area contributed by atoms with Gasteiger partial charge in [0.2, 0.25) is 0 Å². The summed E-state index contributed by atoms with van der Waals surface area (Å²) < 4.78 is 0. The van der Waals surface area contributed by atoms with E-state index < -0.39 is 0 Å². The monoisotopic (exact) mass is 233 g/mol. The summed E-state index contributed by atoms with van der Waals surface area (Å²) >= 11 is 0. The fraction of sp³-hybridized carbons (Fsp3) is 0.625. The van der Waals surface area contributed by atoms with Crippen molar-refractivity contribution in [2.24, 2.45) is 5.73 Å². The fourth-order valence-corrected chi connectivity index (χ4v) is 2.61. The van der Waals surface area contributed by atoms with Crippen molar-refractivity contribution >= 4 is 0 Å². The molecule has 2 N–H and O–H groups in total. The van der Waals surface area contributed by atoms with E-state index in [0.717, 1.165) is 0 Å². The Hall–Kier alpha value is -0.820. The summed E-state index contributed by atoms with van der Waals surface area (Å²) in [7, 11) is 0. The Morgan fingerprint density at radius 2 is 1.53 bits per heavy atom. The molecule has 0 saturated carbocycles. The summed E-state index contributed by atoms with van der Waals surface area (Å²) in [5.41, 5.74) is 11.5. The van der Waals surface area contributed by atoms with Gasteiger partial charge >= 0.3 is 0 Å². The molecule has 0 atom stereocenters. The van der Waals surface area contributed by atoms with E-state index in [1.165, 1.54) is 47.9 Å². The van der Waals surface area contributed by atoms with E-state index in [-0.39, 0.29) is 0 Å². The smallest absolute Gasteiger partial charge is 0.0181 e. The summed E-state index contributed by atoms with van der Waals surface area (Å²) in [5.74, 6) is 0.697. The summed E-state index contributed by atoms with van der Waals surface area (Å²) in [6.07, 6.45) is 5.07. The molecular formula is C16H27N. The van der Waals surface area contributed by atoms with Crippen molar-refractivity contribution in [1.29, 1.82) is 0 Å². The summed E-state index contributed by atoms with van der Waals surface area (Å²) in [5, 5.41) is 0. The van der Waals surface area contributed by atoms with Crippen LogP contribution in [0.25, 0.3) is 0 Å². The van der Waals surface area contributed by atoms with Crippen molar-refractivity contribution in [2.45, 2.75) is 65.8 Å². The maximum Gasteiger partial charge on any atom is 0.0181 e. The minimum Gasteiger partial charge on any atom is -0.326 e. The average Bonchev–Trinajstić information content (AvgIpc) is 2.32. The minimum absolute atomic E-state index is 0.667. The first-order valence-corrected chi connectivity index (χ1v) is 6.94. The van der Waals surface area contributed by atoms with Gasteiger partial charge in [-0.3, -0.25) is 0 Å². The molecule has 0 radical (unpaired) electrons. The molecule has 0 saturated heterocycles. The molecule has 0 amide bonds. The van der Waals surface area contributed by atoms with Crippen molar-refractivity contribution in [3.05, 3.63) is 34.4 Å². The van der Waals surface area contributed by atoms with E-state index in [0.29, 0.717) is 12.5 Å². The summed E-state index contributed by atoms with van der Waals surface area (Å²) in [6.45, 7) is 9.58. The highest BCUT2D eigenvalue weighted by Crippen LogP contribution is 2.30. The Morgan fingerprint density at radius 3 is 2.00 bits per heavy atom. The zero-order valence-corrected chi connectivity index (χ0v) is 11.8. The van der Waals surface area contributed by atoms with Crippen LogP contribution in [-0.4, -0.2) is 0 Å². The Balaban J connectivity index is 3.11. The lowest BCUT2D eigenvalue weighted by Gasteiger charge is -2.21. The Kier molecular flexibility index (Phi) is 5.70. The van der Waals surface area contributed by atoms with E-state index in [1.807, 2.05) is 0 Å². The van der Waals surface area contributed by atoms with Crippen LogP contribution in [0.5, 0.6) is 0 Å². The zero-order chi connectivity index (χ0) is 12.8. The molecule has 0 aromatic heterocycles. The first-order chi connectivity index (χ1) is 8.13. The molecule has 1 rings (SSSR count). The second kappa shape index (κ2) is 6.80. The van der Waals surface area contributed by atoms with Crippen molar-refractivity contribution < 1.29 is 0 Å². The van der Waals surface area contributed by atoms with Gasteiger partial charge < -0.3 is 5.73 Å². The number of rotatable bonds is 6. The van der Waals surface area contributed by atoms with Crippen LogP contribution in [0.2, 0.25) is 0 Å². The Bertz CT molecular complexity index is 349. The van der Waals surface area contributed by atoms with Crippen molar-refractivity contribution in [3.63, 3.8) is 0 Å². The molecular weight excluding hydrogens is 206 g/mol. The Morgan fingerprint density at radius 1 is 1.00 bits per heavy atom. The van der Waals surface area contributed by atoms with Gasteiger partial charge in [0.15, 0.2) is 0 Å². The first kappa shape index (κ1) is 14.2. The van der Waals surface area contributed by atoms with E-state index in [9.17, 15) is 0 Å². The standard InChI is InChI=1S/C16H27N/c1-5-7-14(8-6-2)16-10-13(4)12(3)9-15(16)11-17/h9-10,14H,5-8,11,17H2,1-4H3. The number of hydrogen-bond acceptors (Lipinski definition) is 1. The predicted octanol–water partition coefficient (Wildman–Crippen LogP) is 4.45. The summed E-state index contributed by atoms with van der Waals surface area (Å²) in [6, 6.07) is 4.65. The lowest BCUT2D eigenvalue weighted by atomic mass is 9.85. The van der Waals surface area contributed by atoms with Gasteiger partial charge in [0, 0.05) is 6.54 Å². The van der Waals surface area contributed by atoms with E-state index in [1.54, 1.807) is 0 Å². The molecule has 17 heavy (non-hydrogen) atoms. The lowest BCUT2D eigenvalue weighted by Crippen LogP contribution is -2.08. The normalized spacial score (nSPS) is 11.2. The largest absolute Gasteiger partial charge is 0.326 e. The third-order valence-corrected chi connectivity index (χ3v) is 3.69. The van der Waals surface area contributed by atoms with Crippen LogP contribution in [0.4, 0.5) is 0 Å². The number of nitrogens with two attached hydrogens (primary N) is 1. The maximum atomic E-state index is 5.90. The van der Waals surface area contributed by atoms with E-state index in [2.05, 4.69) is 39.8 Å². The topological polar surface area (TPSA) is 26.0 Å². The molecule has 1 nitrogen and oxygen atoms in total. The van der Waals surface area contributed by atoms with E-state index in [4.69, 9.17) is 5.73 Å². The van der Waals surface area contributed by atoms with Crippen LogP contribution in [0.3, 0.4) is 0 Å². The molecule has 0 unspecified atom stereocenters. The molecule has 1 aromatic carbocycles. The van der Waals surface area contributed by atoms with Crippen LogP contribution in [0.1, 0.15) is 67.7 Å². The van der Waals surface area contributed by atoms with Crippen molar-refractivity contribution in [3.8, 4) is 0 Å². The highest BCUT2D eigenvalue weighted by atomic mass is 14.5. The molecule has 0 aliphatic carbocycles. The number of aryl methyl sites for hydroxylation is 2. The number of hydrogen-bond donors (Lipinski definition) is 1. The predicted molar refractivity (Wildman–Crippen MR) is 76.4 cm³/mol. The highest BCUT2D eigenvalue weighted by Gasteiger charge is 2.14. The molecule has 0 spiro atoms. The Labute approximate surface area is 106 Å². The summed E-state index contributed by atoms with van der Waals surface area (Å²) in [4.78, 5) is 0. The van der Waals surface area contributed by atoms with Gasteiger partial charge in [0.1, 0.15) is 0 Å². The van der Waals surface area contributed by atoms with Gasteiger partial charge in [-0.25, -0.2) is 0 Å². The SMILES string of the molecule is CCCC(CCC)c1cc(C)c(C)cc1CN. The van der Waals surface area contributed by atoms with Crippen LogP contribution in [0, 0.1) is 13.8 Å². The second-order valence-corrected chi connectivity index (χ2v) is 5.11. The maximum absolute atomic E-state index is 5.90. The van der Waals surface area contributed by atoms with Crippen LogP contribution >= 0.6 is 0 Å².